The van der Waals surface area contributed by atoms with E-state index in [1.165, 1.54) is 12.1 Å². The van der Waals surface area contributed by atoms with Gasteiger partial charge in [-0.3, -0.25) is 9.59 Å². The smallest absolute Gasteiger partial charge is 0.328 e. The van der Waals surface area contributed by atoms with Crippen molar-refractivity contribution in [1.29, 1.82) is 0 Å². The molecule has 21 heavy (non-hydrogen) atoms. The maximum absolute atomic E-state index is 12.2. The highest BCUT2D eigenvalue weighted by atomic mass is 16.5. The number of benzene rings is 1. The molecule has 0 amide bonds. The van der Waals surface area contributed by atoms with Crippen LogP contribution in [0.5, 0.6) is 0 Å². The van der Waals surface area contributed by atoms with Gasteiger partial charge in [0.15, 0.2) is 5.41 Å². The van der Waals surface area contributed by atoms with Crippen molar-refractivity contribution >= 4 is 11.9 Å². The average molecular weight is 296 g/mol. The Hall–Kier alpha value is -1.92. The van der Waals surface area contributed by atoms with Crippen molar-refractivity contribution in [2.24, 2.45) is 0 Å². The summed E-state index contributed by atoms with van der Waals surface area (Å²) in [4.78, 5) is 24.0. The number of esters is 1. The quantitative estimate of drug-likeness (QED) is 0.503. The number of hydrogen-bond donors (Lipinski definition) is 3. The molecule has 0 aliphatic carbocycles. The lowest BCUT2D eigenvalue weighted by Crippen LogP contribution is -2.48. The highest BCUT2D eigenvalue weighted by Crippen LogP contribution is 2.32. The zero-order chi connectivity index (χ0) is 16.0. The van der Waals surface area contributed by atoms with E-state index >= 15 is 0 Å². The standard InChI is InChI=1S/C15H20O6/c1-3-21-14(20)15(13(18)19,8-12(17)9-16)11-6-4-10(2)5-7-11/h4-7,12,16-17H,3,8-9H2,1-2H3,(H,18,19). The molecule has 0 aliphatic rings. The Morgan fingerprint density at radius 1 is 1.29 bits per heavy atom. The van der Waals surface area contributed by atoms with Crippen molar-refractivity contribution in [2.45, 2.75) is 31.8 Å². The van der Waals surface area contributed by atoms with Crippen LogP contribution in [0.2, 0.25) is 0 Å². The van der Waals surface area contributed by atoms with Gasteiger partial charge in [-0.2, -0.15) is 0 Å². The molecule has 3 N–H and O–H groups in total. The van der Waals surface area contributed by atoms with E-state index in [1.807, 2.05) is 6.92 Å². The number of hydrogen-bond acceptors (Lipinski definition) is 5. The fraction of sp³-hybridized carbons (Fsp3) is 0.467. The normalized spacial score (nSPS) is 15.0. The van der Waals surface area contributed by atoms with E-state index in [0.29, 0.717) is 0 Å². The summed E-state index contributed by atoms with van der Waals surface area (Å²) in [6.45, 7) is 2.79. The molecular weight excluding hydrogens is 276 g/mol. The van der Waals surface area contributed by atoms with Gasteiger partial charge >= 0.3 is 11.9 Å². The molecule has 0 aliphatic heterocycles. The van der Waals surface area contributed by atoms with Gasteiger partial charge in [-0.1, -0.05) is 29.8 Å². The minimum atomic E-state index is -2.04. The highest BCUT2D eigenvalue weighted by molar-refractivity contribution is 6.05. The van der Waals surface area contributed by atoms with Crippen LogP contribution in [0.4, 0.5) is 0 Å². The molecule has 6 nitrogen and oxygen atoms in total. The molecule has 0 radical (unpaired) electrons. The first kappa shape index (κ1) is 17.1. The lowest BCUT2D eigenvalue weighted by Gasteiger charge is -2.29. The van der Waals surface area contributed by atoms with Gasteiger partial charge in [0.2, 0.25) is 0 Å². The third kappa shape index (κ3) is 3.59. The highest BCUT2D eigenvalue weighted by Gasteiger charge is 2.50. The Morgan fingerprint density at radius 2 is 1.86 bits per heavy atom. The maximum Gasteiger partial charge on any atom is 0.328 e. The van der Waals surface area contributed by atoms with E-state index in [4.69, 9.17) is 9.84 Å². The summed E-state index contributed by atoms with van der Waals surface area (Å²) < 4.78 is 4.89. The topological polar surface area (TPSA) is 104 Å². The number of aryl methyl sites for hydroxylation is 1. The molecule has 0 spiro atoms. The molecule has 0 aromatic heterocycles. The number of aliphatic hydroxyl groups is 2. The summed E-state index contributed by atoms with van der Waals surface area (Å²) in [5.41, 5.74) is -0.914. The van der Waals surface area contributed by atoms with Crippen LogP contribution in [-0.4, -0.2) is 46.6 Å². The molecule has 1 rings (SSSR count). The molecule has 0 saturated heterocycles. The van der Waals surface area contributed by atoms with Gasteiger partial charge in [0.25, 0.3) is 0 Å². The molecule has 0 fully saturated rings. The second-order valence-electron chi connectivity index (χ2n) is 4.84. The molecule has 2 atom stereocenters. The summed E-state index contributed by atoms with van der Waals surface area (Å²) in [6, 6.07) is 6.39. The van der Waals surface area contributed by atoms with Crippen molar-refractivity contribution < 1.29 is 29.6 Å². The predicted octanol–water partition coefficient (Wildman–Crippen LogP) is 0.624. The Balaban J connectivity index is 3.39. The SMILES string of the molecule is CCOC(=O)C(CC(O)CO)(C(=O)O)c1ccc(C)cc1. The van der Waals surface area contributed by atoms with Gasteiger partial charge in [-0.15, -0.1) is 0 Å². The third-order valence-electron chi connectivity index (χ3n) is 3.29. The maximum atomic E-state index is 12.2. The van der Waals surface area contributed by atoms with Gasteiger partial charge in [0.05, 0.1) is 19.3 Å². The third-order valence-corrected chi connectivity index (χ3v) is 3.29. The van der Waals surface area contributed by atoms with E-state index in [1.54, 1.807) is 19.1 Å². The molecule has 2 unspecified atom stereocenters. The van der Waals surface area contributed by atoms with Gasteiger partial charge in [0.1, 0.15) is 0 Å². The number of ether oxygens (including phenoxy) is 1. The monoisotopic (exact) mass is 296 g/mol. The average Bonchev–Trinajstić information content (AvgIpc) is 2.45. The zero-order valence-corrected chi connectivity index (χ0v) is 12.1. The molecule has 116 valence electrons. The summed E-state index contributed by atoms with van der Waals surface area (Å²) in [5, 5.41) is 28.2. The number of carbonyl (C=O) groups excluding carboxylic acids is 1. The van der Waals surface area contributed by atoms with Crippen molar-refractivity contribution in [1.82, 2.24) is 0 Å². The second-order valence-corrected chi connectivity index (χ2v) is 4.84. The molecular formula is C15H20O6. The first-order valence-corrected chi connectivity index (χ1v) is 6.65. The molecule has 0 saturated carbocycles. The van der Waals surface area contributed by atoms with Gasteiger partial charge in [-0.25, -0.2) is 0 Å². The van der Waals surface area contributed by atoms with Gasteiger partial charge in [-0.05, 0) is 19.4 Å². The van der Waals surface area contributed by atoms with Crippen LogP contribution < -0.4 is 0 Å². The van der Waals surface area contributed by atoms with Crippen LogP contribution >= 0.6 is 0 Å². The van der Waals surface area contributed by atoms with Crippen LogP contribution in [-0.2, 0) is 19.7 Å². The van der Waals surface area contributed by atoms with Crippen LogP contribution in [0.15, 0.2) is 24.3 Å². The van der Waals surface area contributed by atoms with Crippen molar-refractivity contribution in [3.8, 4) is 0 Å². The van der Waals surface area contributed by atoms with Crippen molar-refractivity contribution in [3.05, 3.63) is 35.4 Å². The fourth-order valence-corrected chi connectivity index (χ4v) is 2.13. The molecule has 6 heteroatoms. The predicted molar refractivity (Wildman–Crippen MR) is 74.8 cm³/mol. The Bertz CT molecular complexity index is 495. The van der Waals surface area contributed by atoms with E-state index in [-0.39, 0.29) is 12.2 Å². The number of carbonyl (C=O) groups is 2. The van der Waals surface area contributed by atoms with Gasteiger partial charge < -0.3 is 20.1 Å². The zero-order valence-electron chi connectivity index (χ0n) is 12.1. The number of aliphatic carboxylic acids is 1. The van der Waals surface area contributed by atoms with E-state index in [2.05, 4.69) is 0 Å². The summed E-state index contributed by atoms with van der Waals surface area (Å²) in [5.74, 6) is -2.37. The number of rotatable bonds is 7. The molecule has 1 aromatic carbocycles. The first-order chi connectivity index (χ1) is 9.88. The summed E-state index contributed by atoms with van der Waals surface area (Å²) in [6.07, 6.45) is -1.80. The van der Waals surface area contributed by atoms with E-state index in [9.17, 15) is 19.8 Å². The Morgan fingerprint density at radius 3 is 2.29 bits per heavy atom. The summed E-state index contributed by atoms with van der Waals surface area (Å²) in [7, 11) is 0. The van der Waals surface area contributed by atoms with Crippen LogP contribution in [0.25, 0.3) is 0 Å². The summed E-state index contributed by atoms with van der Waals surface area (Å²) >= 11 is 0. The number of aliphatic hydroxyl groups excluding tert-OH is 2. The minimum absolute atomic E-state index is 0.0228. The van der Waals surface area contributed by atoms with E-state index in [0.717, 1.165) is 5.56 Å². The van der Waals surface area contributed by atoms with E-state index < -0.39 is 36.5 Å². The molecule has 1 aromatic rings. The number of carboxylic acid groups (broad SMARTS) is 1. The Labute approximate surface area is 123 Å². The molecule has 0 heterocycles. The molecule has 0 bridgehead atoms. The lowest BCUT2D eigenvalue weighted by atomic mass is 9.75. The van der Waals surface area contributed by atoms with Crippen LogP contribution in [0.1, 0.15) is 24.5 Å². The van der Waals surface area contributed by atoms with Crippen LogP contribution in [0.3, 0.4) is 0 Å². The Kier molecular flexibility index (Phi) is 5.87. The van der Waals surface area contributed by atoms with Crippen molar-refractivity contribution in [2.75, 3.05) is 13.2 Å². The van der Waals surface area contributed by atoms with Crippen molar-refractivity contribution in [3.63, 3.8) is 0 Å². The minimum Gasteiger partial charge on any atom is -0.480 e. The fourth-order valence-electron chi connectivity index (χ4n) is 2.13. The number of carboxylic acids is 1. The largest absolute Gasteiger partial charge is 0.480 e. The lowest BCUT2D eigenvalue weighted by molar-refractivity contribution is -0.163. The first-order valence-electron chi connectivity index (χ1n) is 6.65. The van der Waals surface area contributed by atoms with Gasteiger partial charge in [0, 0.05) is 6.42 Å². The van der Waals surface area contributed by atoms with Crippen LogP contribution in [0, 0.1) is 6.92 Å². The second kappa shape index (κ2) is 7.19.